The Balaban J connectivity index is 2.09. The van der Waals surface area contributed by atoms with Crippen molar-refractivity contribution < 1.29 is 9.52 Å². The van der Waals surface area contributed by atoms with Crippen LogP contribution in [0.25, 0.3) is 0 Å². The molecule has 84 valence electrons. The first kappa shape index (κ1) is 10.7. The van der Waals surface area contributed by atoms with Crippen LogP contribution in [-0.4, -0.2) is 16.2 Å². The number of aliphatic hydroxyl groups excluding tert-OH is 1. The molecule has 3 heteroatoms. The number of oxazole rings is 1. The molecule has 0 amide bonds. The van der Waals surface area contributed by atoms with Gasteiger partial charge in [0.1, 0.15) is 5.76 Å². The lowest BCUT2D eigenvalue weighted by molar-refractivity contribution is 0.118. The molecule has 0 atom stereocenters. The lowest BCUT2D eigenvalue weighted by Crippen LogP contribution is -2.17. The van der Waals surface area contributed by atoms with Crippen LogP contribution in [0.2, 0.25) is 0 Å². The molecule has 1 saturated carbocycles. The minimum absolute atomic E-state index is 0.108. The van der Waals surface area contributed by atoms with Gasteiger partial charge in [-0.05, 0) is 39.0 Å². The summed E-state index contributed by atoms with van der Waals surface area (Å²) in [5.74, 6) is 2.27. The molecule has 3 nitrogen and oxygen atoms in total. The van der Waals surface area contributed by atoms with Gasteiger partial charge in [-0.3, -0.25) is 0 Å². The topological polar surface area (TPSA) is 46.3 Å². The first-order valence-corrected chi connectivity index (χ1v) is 5.85. The molecule has 1 fully saturated rings. The second kappa shape index (κ2) is 4.35. The molecule has 0 unspecified atom stereocenters. The second-order valence-corrected chi connectivity index (χ2v) is 4.41. The van der Waals surface area contributed by atoms with Crippen molar-refractivity contribution in [2.75, 3.05) is 0 Å². The molecule has 1 aliphatic carbocycles. The highest BCUT2D eigenvalue weighted by Crippen LogP contribution is 2.33. The van der Waals surface area contributed by atoms with E-state index in [2.05, 4.69) is 11.9 Å². The van der Waals surface area contributed by atoms with Crippen LogP contribution in [-0.2, 0) is 6.42 Å². The molecule has 1 aromatic heterocycles. The molecule has 0 spiro atoms. The third kappa shape index (κ3) is 2.23. The third-order valence-electron chi connectivity index (χ3n) is 3.29. The fourth-order valence-electron chi connectivity index (χ4n) is 2.28. The van der Waals surface area contributed by atoms with E-state index in [9.17, 15) is 5.11 Å². The van der Waals surface area contributed by atoms with Gasteiger partial charge in [-0.25, -0.2) is 4.98 Å². The summed E-state index contributed by atoms with van der Waals surface area (Å²) in [4.78, 5) is 4.53. The van der Waals surface area contributed by atoms with Gasteiger partial charge in [-0.2, -0.15) is 0 Å². The van der Waals surface area contributed by atoms with Crippen LogP contribution in [0.5, 0.6) is 0 Å². The number of rotatable bonds is 2. The summed E-state index contributed by atoms with van der Waals surface area (Å²) in [7, 11) is 0. The van der Waals surface area contributed by atoms with Crippen LogP contribution in [0.1, 0.15) is 55.9 Å². The van der Waals surface area contributed by atoms with Crippen molar-refractivity contribution in [1.29, 1.82) is 0 Å². The first-order valence-electron chi connectivity index (χ1n) is 5.85. The van der Waals surface area contributed by atoms with Gasteiger partial charge < -0.3 is 9.52 Å². The second-order valence-electron chi connectivity index (χ2n) is 4.41. The monoisotopic (exact) mass is 209 g/mol. The Kier molecular flexibility index (Phi) is 3.10. The van der Waals surface area contributed by atoms with Crippen molar-refractivity contribution in [3.05, 3.63) is 17.3 Å². The van der Waals surface area contributed by atoms with Crippen molar-refractivity contribution in [1.82, 2.24) is 4.98 Å². The highest BCUT2D eigenvalue weighted by Gasteiger charge is 2.25. The minimum Gasteiger partial charge on any atom is -0.445 e. The molecule has 0 bridgehead atoms. The Bertz CT molecular complexity index is 324. The quantitative estimate of drug-likeness (QED) is 0.814. The summed E-state index contributed by atoms with van der Waals surface area (Å²) in [6.07, 6.45) is 4.60. The first-order chi connectivity index (χ1) is 7.20. The zero-order valence-corrected chi connectivity index (χ0v) is 9.49. The van der Waals surface area contributed by atoms with Gasteiger partial charge in [0, 0.05) is 5.92 Å². The summed E-state index contributed by atoms with van der Waals surface area (Å²) in [6, 6.07) is 0. The van der Waals surface area contributed by atoms with Gasteiger partial charge in [0.05, 0.1) is 11.8 Å². The van der Waals surface area contributed by atoms with Crippen LogP contribution >= 0.6 is 0 Å². The molecule has 0 aromatic carbocycles. The van der Waals surface area contributed by atoms with Crippen LogP contribution in [0, 0.1) is 6.92 Å². The van der Waals surface area contributed by atoms with E-state index >= 15 is 0 Å². The SMILES string of the molecule is CCc1nc(C2CCC(O)CC2)oc1C. The van der Waals surface area contributed by atoms with E-state index in [1.807, 2.05) is 6.92 Å². The van der Waals surface area contributed by atoms with Gasteiger partial charge in [0.25, 0.3) is 0 Å². The highest BCUT2D eigenvalue weighted by atomic mass is 16.4. The predicted molar refractivity (Wildman–Crippen MR) is 57.8 cm³/mol. The normalized spacial score (nSPS) is 26.9. The van der Waals surface area contributed by atoms with Gasteiger partial charge in [-0.15, -0.1) is 0 Å². The van der Waals surface area contributed by atoms with E-state index in [1.165, 1.54) is 0 Å². The minimum atomic E-state index is -0.108. The lowest BCUT2D eigenvalue weighted by Gasteiger charge is -2.22. The number of hydrogen-bond acceptors (Lipinski definition) is 3. The molecule has 1 heterocycles. The number of hydrogen-bond donors (Lipinski definition) is 1. The number of nitrogens with zero attached hydrogens (tertiary/aromatic N) is 1. The molecule has 0 aliphatic heterocycles. The summed E-state index contributed by atoms with van der Waals surface area (Å²) in [6.45, 7) is 4.08. The summed E-state index contributed by atoms with van der Waals surface area (Å²) >= 11 is 0. The van der Waals surface area contributed by atoms with E-state index in [0.717, 1.165) is 49.4 Å². The zero-order chi connectivity index (χ0) is 10.8. The van der Waals surface area contributed by atoms with Gasteiger partial charge in [0.15, 0.2) is 5.89 Å². The highest BCUT2D eigenvalue weighted by molar-refractivity contribution is 5.10. The number of aryl methyl sites for hydroxylation is 2. The van der Waals surface area contributed by atoms with Gasteiger partial charge >= 0.3 is 0 Å². The lowest BCUT2D eigenvalue weighted by atomic mass is 9.87. The Morgan fingerprint density at radius 1 is 1.33 bits per heavy atom. The van der Waals surface area contributed by atoms with E-state index in [0.29, 0.717) is 5.92 Å². The number of aliphatic hydroxyl groups is 1. The maximum absolute atomic E-state index is 9.43. The summed E-state index contributed by atoms with van der Waals surface area (Å²) in [5, 5.41) is 9.43. The molecule has 1 aromatic rings. The Hall–Kier alpha value is -0.830. The van der Waals surface area contributed by atoms with E-state index < -0.39 is 0 Å². The van der Waals surface area contributed by atoms with Crippen molar-refractivity contribution in [2.24, 2.45) is 0 Å². The number of aromatic nitrogens is 1. The van der Waals surface area contributed by atoms with Gasteiger partial charge in [-0.1, -0.05) is 6.92 Å². The smallest absolute Gasteiger partial charge is 0.197 e. The summed E-state index contributed by atoms with van der Waals surface area (Å²) in [5.41, 5.74) is 1.08. The molecule has 1 aliphatic rings. The Morgan fingerprint density at radius 2 is 2.00 bits per heavy atom. The molecule has 15 heavy (non-hydrogen) atoms. The van der Waals surface area contributed by atoms with Crippen LogP contribution < -0.4 is 0 Å². The van der Waals surface area contributed by atoms with Crippen molar-refractivity contribution in [3.8, 4) is 0 Å². The molecule has 1 N–H and O–H groups in total. The molecule has 0 radical (unpaired) electrons. The Labute approximate surface area is 90.5 Å². The maximum atomic E-state index is 9.43. The van der Waals surface area contributed by atoms with E-state index in [4.69, 9.17) is 4.42 Å². The van der Waals surface area contributed by atoms with Crippen LogP contribution in [0.4, 0.5) is 0 Å². The van der Waals surface area contributed by atoms with Gasteiger partial charge in [0.2, 0.25) is 0 Å². The van der Waals surface area contributed by atoms with Crippen molar-refractivity contribution >= 4 is 0 Å². The van der Waals surface area contributed by atoms with Crippen LogP contribution in [0.3, 0.4) is 0 Å². The average molecular weight is 209 g/mol. The molecule has 0 saturated heterocycles. The van der Waals surface area contributed by atoms with Crippen molar-refractivity contribution in [2.45, 2.75) is 58.0 Å². The van der Waals surface area contributed by atoms with Crippen LogP contribution in [0.15, 0.2) is 4.42 Å². The average Bonchev–Trinajstić information content (AvgIpc) is 2.61. The van der Waals surface area contributed by atoms with E-state index in [-0.39, 0.29) is 6.10 Å². The fraction of sp³-hybridized carbons (Fsp3) is 0.750. The van der Waals surface area contributed by atoms with Crippen molar-refractivity contribution in [3.63, 3.8) is 0 Å². The maximum Gasteiger partial charge on any atom is 0.197 e. The molecule has 2 rings (SSSR count). The largest absolute Gasteiger partial charge is 0.445 e. The molecular formula is C12H19NO2. The fourth-order valence-corrected chi connectivity index (χ4v) is 2.28. The predicted octanol–water partition coefficient (Wildman–Crippen LogP) is 2.56. The zero-order valence-electron chi connectivity index (χ0n) is 9.49. The summed E-state index contributed by atoms with van der Waals surface area (Å²) < 4.78 is 5.69. The standard InChI is InChI=1S/C12H19NO2/c1-3-11-8(2)15-12(13-11)9-4-6-10(14)7-5-9/h9-10,14H,3-7H2,1-2H3. The molecular weight excluding hydrogens is 190 g/mol. The third-order valence-corrected chi connectivity index (χ3v) is 3.29. The van der Waals surface area contributed by atoms with E-state index in [1.54, 1.807) is 0 Å². The Morgan fingerprint density at radius 3 is 2.53 bits per heavy atom.